The van der Waals surface area contributed by atoms with Gasteiger partial charge in [0.1, 0.15) is 10.7 Å². The van der Waals surface area contributed by atoms with E-state index in [-0.39, 0.29) is 22.7 Å². The van der Waals surface area contributed by atoms with Crippen molar-refractivity contribution in [3.05, 3.63) is 41.5 Å². The van der Waals surface area contributed by atoms with Crippen LogP contribution in [0.5, 0.6) is 0 Å². The second-order valence-electron chi connectivity index (χ2n) is 4.17. The molecule has 0 spiro atoms. The number of nitrogens with one attached hydrogen (secondary N) is 2. The Kier molecular flexibility index (Phi) is 4.26. The number of aromatic amines is 1. The molecule has 0 atom stereocenters. The van der Waals surface area contributed by atoms with Crippen LogP contribution in [0.1, 0.15) is 11.3 Å². The number of nitrogens with zero attached hydrogens (tertiary/aromatic N) is 1. The van der Waals surface area contributed by atoms with Crippen molar-refractivity contribution in [1.82, 2.24) is 10.2 Å². The zero-order valence-corrected chi connectivity index (χ0v) is 12.0. The summed E-state index contributed by atoms with van der Waals surface area (Å²) < 4.78 is 40.2. The van der Waals surface area contributed by atoms with Crippen LogP contribution in [-0.2, 0) is 10.0 Å². The molecule has 0 fully saturated rings. The summed E-state index contributed by atoms with van der Waals surface area (Å²) in [7, 11) is -3.79. The van der Waals surface area contributed by atoms with E-state index >= 15 is 0 Å². The fourth-order valence-electron chi connectivity index (χ4n) is 1.65. The van der Waals surface area contributed by atoms with Gasteiger partial charge in [-0.25, -0.2) is 12.8 Å². The van der Waals surface area contributed by atoms with Gasteiger partial charge >= 0.3 is 0 Å². The lowest BCUT2D eigenvalue weighted by Gasteiger charge is -2.07. The van der Waals surface area contributed by atoms with Gasteiger partial charge < -0.3 is 5.73 Å². The van der Waals surface area contributed by atoms with E-state index in [1.807, 2.05) is 0 Å². The van der Waals surface area contributed by atoms with Crippen molar-refractivity contribution in [1.29, 1.82) is 0 Å². The number of anilines is 1. The van der Waals surface area contributed by atoms with E-state index in [9.17, 15) is 12.8 Å². The van der Waals surface area contributed by atoms with Gasteiger partial charge in [-0.05, 0) is 25.1 Å². The Morgan fingerprint density at radius 1 is 1.48 bits per heavy atom. The second-order valence-corrected chi connectivity index (χ2v) is 5.82. The maximum atomic E-state index is 13.5. The maximum Gasteiger partial charge on any atom is 0.265 e. The molecule has 0 saturated heterocycles. The molecule has 2 aromatic rings. The van der Waals surface area contributed by atoms with E-state index in [4.69, 9.17) is 5.73 Å². The lowest BCUT2D eigenvalue weighted by Crippen LogP contribution is -2.13. The quantitative estimate of drug-likeness (QED) is 0.735. The van der Waals surface area contributed by atoms with Crippen LogP contribution in [0.2, 0.25) is 0 Å². The molecule has 0 amide bonds. The summed E-state index contributed by atoms with van der Waals surface area (Å²) in [6, 6.07) is 3.77. The molecule has 2 rings (SSSR count). The molecule has 110 valence electrons. The largest absolute Gasteiger partial charge is 0.320 e. The smallest absolute Gasteiger partial charge is 0.265 e. The van der Waals surface area contributed by atoms with Gasteiger partial charge in [-0.2, -0.15) is 5.10 Å². The Morgan fingerprint density at radius 3 is 2.86 bits per heavy atom. The van der Waals surface area contributed by atoms with Gasteiger partial charge in [0.05, 0.1) is 29.7 Å². The van der Waals surface area contributed by atoms with Crippen molar-refractivity contribution in [2.75, 3.05) is 11.3 Å². The molecule has 0 aliphatic rings. The van der Waals surface area contributed by atoms with Crippen LogP contribution < -0.4 is 10.5 Å². The van der Waals surface area contributed by atoms with E-state index in [1.54, 1.807) is 6.92 Å². The summed E-state index contributed by atoms with van der Waals surface area (Å²) in [5, 5.41) is 6.20. The van der Waals surface area contributed by atoms with Crippen molar-refractivity contribution in [2.24, 2.45) is 5.73 Å². The predicted molar refractivity (Wildman–Crippen MR) is 76.5 cm³/mol. The molecule has 1 aromatic heterocycles. The molecular formula is C13H13FN4O2S. The highest BCUT2D eigenvalue weighted by Crippen LogP contribution is 2.19. The zero-order valence-electron chi connectivity index (χ0n) is 11.1. The standard InChI is InChI=1S/C13H13FN4O2S/c1-9-13(8-16-17-9)21(19,20)18-11-4-5-12(14)10(7-11)3-2-6-15/h4-5,7-8,18H,6,15H2,1H3,(H,16,17). The fourth-order valence-corrected chi connectivity index (χ4v) is 2.84. The van der Waals surface area contributed by atoms with E-state index in [0.717, 1.165) is 6.07 Å². The first-order valence-electron chi connectivity index (χ1n) is 5.95. The third-order valence-electron chi connectivity index (χ3n) is 2.62. The number of aromatic nitrogens is 2. The summed E-state index contributed by atoms with van der Waals surface area (Å²) in [6.07, 6.45) is 1.20. The average molecular weight is 308 g/mol. The Labute approximate surface area is 121 Å². The molecule has 1 heterocycles. The highest BCUT2D eigenvalue weighted by Gasteiger charge is 2.19. The summed E-state index contributed by atoms with van der Waals surface area (Å²) in [4.78, 5) is 0.0291. The monoisotopic (exact) mass is 308 g/mol. The minimum Gasteiger partial charge on any atom is -0.320 e. The molecule has 8 heteroatoms. The minimum atomic E-state index is -3.79. The van der Waals surface area contributed by atoms with Gasteiger partial charge in [-0.15, -0.1) is 0 Å². The average Bonchev–Trinajstić information content (AvgIpc) is 2.86. The molecule has 1 aromatic carbocycles. The molecule has 0 radical (unpaired) electrons. The van der Waals surface area contributed by atoms with Crippen molar-refractivity contribution in [3.8, 4) is 11.8 Å². The summed E-state index contributed by atoms with van der Waals surface area (Å²) in [5.41, 5.74) is 5.92. The zero-order chi connectivity index (χ0) is 15.5. The highest BCUT2D eigenvalue weighted by molar-refractivity contribution is 7.92. The van der Waals surface area contributed by atoms with Crippen LogP contribution >= 0.6 is 0 Å². The van der Waals surface area contributed by atoms with E-state index in [0.29, 0.717) is 5.69 Å². The summed E-state index contributed by atoms with van der Waals surface area (Å²) in [6.45, 7) is 1.67. The molecule has 0 unspecified atom stereocenters. The molecule has 0 saturated carbocycles. The molecular weight excluding hydrogens is 295 g/mol. The van der Waals surface area contributed by atoms with Crippen LogP contribution in [0.4, 0.5) is 10.1 Å². The molecule has 0 aliphatic heterocycles. The normalized spacial score (nSPS) is 10.8. The van der Waals surface area contributed by atoms with Gasteiger partial charge in [-0.1, -0.05) is 11.8 Å². The number of nitrogens with two attached hydrogens (primary N) is 1. The third kappa shape index (κ3) is 3.39. The van der Waals surface area contributed by atoms with E-state index < -0.39 is 15.8 Å². The van der Waals surface area contributed by atoms with E-state index in [2.05, 4.69) is 26.8 Å². The molecule has 21 heavy (non-hydrogen) atoms. The Bertz CT molecular complexity index is 818. The minimum absolute atomic E-state index is 0.0291. The number of H-pyrrole nitrogens is 1. The summed E-state index contributed by atoms with van der Waals surface area (Å²) in [5.74, 6) is 4.52. The predicted octanol–water partition coefficient (Wildman–Crippen LogP) is 0.968. The van der Waals surface area contributed by atoms with Crippen LogP contribution in [-0.4, -0.2) is 25.2 Å². The topological polar surface area (TPSA) is 101 Å². The fraction of sp³-hybridized carbons (Fsp3) is 0.154. The van der Waals surface area contributed by atoms with Crippen LogP contribution in [0, 0.1) is 24.6 Å². The number of rotatable bonds is 3. The second kappa shape index (κ2) is 5.95. The molecule has 0 bridgehead atoms. The number of halogens is 1. The van der Waals surface area contributed by atoms with Crippen LogP contribution in [0.15, 0.2) is 29.3 Å². The van der Waals surface area contributed by atoms with Gasteiger partial charge in [0.2, 0.25) is 0 Å². The van der Waals surface area contributed by atoms with Crippen molar-refractivity contribution in [3.63, 3.8) is 0 Å². The lowest BCUT2D eigenvalue weighted by atomic mass is 10.2. The van der Waals surface area contributed by atoms with Gasteiger partial charge in [0.25, 0.3) is 10.0 Å². The summed E-state index contributed by atoms with van der Waals surface area (Å²) >= 11 is 0. The van der Waals surface area contributed by atoms with Crippen LogP contribution in [0.25, 0.3) is 0 Å². The van der Waals surface area contributed by atoms with Gasteiger partial charge in [-0.3, -0.25) is 9.82 Å². The number of sulfonamides is 1. The van der Waals surface area contributed by atoms with Gasteiger partial charge in [0, 0.05) is 0 Å². The molecule has 4 N–H and O–H groups in total. The van der Waals surface area contributed by atoms with Crippen LogP contribution in [0.3, 0.4) is 0 Å². The van der Waals surface area contributed by atoms with E-state index in [1.165, 1.54) is 18.3 Å². The first-order chi connectivity index (χ1) is 9.94. The number of aryl methyl sites for hydroxylation is 1. The first kappa shape index (κ1) is 15.0. The number of benzene rings is 1. The van der Waals surface area contributed by atoms with Crippen molar-refractivity contribution >= 4 is 15.7 Å². The Balaban J connectivity index is 2.34. The maximum absolute atomic E-state index is 13.5. The third-order valence-corrected chi connectivity index (χ3v) is 4.11. The first-order valence-corrected chi connectivity index (χ1v) is 7.43. The Morgan fingerprint density at radius 2 is 2.24 bits per heavy atom. The number of hydrogen-bond acceptors (Lipinski definition) is 4. The Hall–Kier alpha value is -2.37. The number of hydrogen-bond donors (Lipinski definition) is 3. The molecule has 6 nitrogen and oxygen atoms in total. The lowest BCUT2D eigenvalue weighted by molar-refractivity contribution is 0.600. The molecule has 0 aliphatic carbocycles. The van der Waals surface area contributed by atoms with Gasteiger partial charge in [0.15, 0.2) is 0 Å². The van der Waals surface area contributed by atoms with Crippen molar-refractivity contribution in [2.45, 2.75) is 11.8 Å². The van der Waals surface area contributed by atoms with Crippen molar-refractivity contribution < 1.29 is 12.8 Å². The SMILES string of the molecule is Cc1[nH]ncc1S(=O)(=O)Nc1ccc(F)c(C#CCN)c1. The highest BCUT2D eigenvalue weighted by atomic mass is 32.2.